The van der Waals surface area contributed by atoms with E-state index in [1.54, 1.807) is 6.20 Å². The van der Waals surface area contributed by atoms with Gasteiger partial charge in [-0.2, -0.15) is 0 Å². The third-order valence-corrected chi connectivity index (χ3v) is 3.20. The maximum absolute atomic E-state index is 4.61. The van der Waals surface area contributed by atoms with Crippen LogP contribution in [0.1, 0.15) is 35.3 Å². The van der Waals surface area contributed by atoms with Crippen molar-refractivity contribution in [3.63, 3.8) is 0 Å². The van der Waals surface area contributed by atoms with E-state index in [0.29, 0.717) is 0 Å². The van der Waals surface area contributed by atoms with E-state index in [9.17, 15) is 0 Å². The van der Waals surface area contributed by atoms with E-state index in [1.165, 1.54) is 16.7 Å². The summed E-state index contributed by atoms with van der Waals surface area (Å²) in [4.78, 5) is 8.79. The highest BCUT2D eigenvalue weighted by molar-refractivity contribution is 5.27. The fourth-order valence-electron chi connectivity index (χ4n) is 2.36. The van der Waals surface area contributed by atoms with Gasteiger partial charge < -0.3 is 5.32 Å². The van der Waals surface area contributed by atoms with Crippen molar-refractivity contribution in [1.82, 2.24) is 15.3 Å². The predicted octanol–water partition coefficient (Wildman–Crippen LogP) is 2.99. The second-order valence-electron chi connectivity index (χ2n) is 4.89. The molecule has 2 aromatic rings. The molecule has 0 saturated carbocycles. The van der Waals surface area contributed by atoms with E-state index < -0.39 is 0 Å². The minimum absolute atomic E-state index is 0.245. The number of hydrogen-bond acceptors (Lipinski definition) is 3. The SMILES string of the molecule is CCNC(Cc1cccnc1)c1ncc(C)cc1C. The minimum Gasteiger partial charge on any atom is -0.309 e. The highest BCUT2D eigenvalue weighted by Gasteiger charge is 2.15. The van der Waals surface area contributed by atoms with Crippen LogP contribution >= 0.6 is 0 Å². The normalized spacial score (nSPS) is 12.4. The Labute approximate surface area is 115 Å². The van der Waals surface area contributed by atoms with Gasteiger partial charge in [-0.15, -0.1) is 0 Å². The molecule has 3 heteroatoms. The molecule has 100 valence electrons. The Balaban J connectivity index is 2.24. The third-order valence-electron chi connectivity index (χ3n) is 3.20. The van der Waals surface area contributed by atoms with Crippen LogP contribution in [0.3, 0.4) is 0 Å². The van der Waals surface area contributed by atoms with Crippen molar-refractivity contribution in [3.8, 4) is 0 Å². The lowest BCUT2D eigenvalue weighted by Crippen LogP contribution is -2.24. The molecule has 0 fully saturated rings. The molecular weight excluding hydrogens is 234 g/mol. The summed E-state index contributed by atoms with van der Waals surface area (Å²) in [5, 5.41) is 3.52. The van der Waals surface area contributed by atoms with Crippen LogP contribution in [0.15, 0.2) is 36.8 Å². The molecule has 19 heavy (non-hydrogen) atoms. The number of pyridine rings is 2. The molecule has 2 heterocycles. The van der Waals surface area contributed by atoms with Crippen LogP contribution in [0, 0.1) is 13.8 Å². The molecule has 0 bridgehead atoms. The summed E-state index contributed by atoms with van der Waals surface area (Å²) in [6.07, 6.45) is 6.59. The summed E-state index contributed by atoms with van der Waals surface area (Å²) in [6, 6.07) is 6.53. The third kappa shape index (κ3) is 3.61. The maximum Gasteiger partial charge on any atom is 0.0605 e. The molecule has 3 nitrogen and oxygen atoms in total. The fourth-order valence-corrected chi connectivity index (χ4v) is 2.36. The van der Waals surface area contributed by atoms with E-state index in [4.69, 9.17) is 0 Å². The van der Waals surface area contributed by atoms with Gasteiger partial charge in [-0.25, -0.2) is 0 Å². The first-order valence-corrected chi connectivity index (χ1v) is 6.76. The lowest BCUT2D eigenvalue weighted by Gasteiger charge is -2.19. The number of hydrogen-bond donors (Lipinski definition) is 1. The van der Waals surface area contributed by atoms with Crippen molar-refractivity contribution in [1.29, 1.82) is 0 Å². The van der Waals surface area contributed by atoms with Crippen LogP contribution in [0.2, 0.25) is 0 Å². The first kappa shape index (κ1) is 13.7. The van der Waals surface area contributed by atoms with Crippen LogP contribution in [0.4, 0.5) is 0 Å². The molecule has 1 unspecified atom stereocenters. The molecule has 0 saturated heterocycles. The van der Waals surface area contributed by atoms with Crippen LogP contribution in [-0.2, 0) is 6.42 Å². The van der Waals surface area contributed by atoms with Gasteiger partial charge in [0.2, 0.25) is 0 Å². The number of aryl methyl sites for hydroxylation is 2. The summed E-state index contributed by atoms with van der Waals surface area (Å²) >= 11 is 0. The van der Waals surface area contributed by atoms with E-state index in [2.05, 4.69) is 48.2 Å². The molecule has 2 rings (SSSR count). The quantitative estimate of drug-likeness (QED) is 0.892. The van der Waals surface area contributed by atoms with Gasteiger partial charge in [0.15, 0.2) is 0 Å². The van der Waals surface area contributed by atoms with Gasteiger partial charge in [0.1, 0.15) is 0 Å². The number of nitrogens with zero attached hydrogens (tertiary/aromatic N) is 2. The molecular formula is C16H21N3. The summed E-state index contributed by atoms with van der Waals surface area (Å²) in [5.74, 6) is 0. The number of likely N-dealkylation sites (N-methyl/N-ethyl adjacent to an activating group) is 1. The van der Waals surface area contributed by atoms with Gasteiger partial charge in [-0.3, -0.25) is 9.97 Å². The Bertz CT molecular complexity index is 523. The van der Waals surface area contributed by atoms with Crippen LogP contribution in [0.25, 0.3) is 0 Å². The topological polar surface area (TPSA) is 37.8 Å². The van der Waals surface area contributed by atoms with Gasteiger partial charge in [0.25, 0.3) is 0 Å². The molecule has 0 spiro atoms. The molecule has 0 aliphatic heterocycles. The lowest BCUT2D eigenvalue weighted by atomic mass is 10.00. The summed E-state index contributed by atoms with van der Waals surface area (Å²) in [6.45, 7) is 7.26. The standard InChI is InChI=1S/C16H21N3/c1-4-18-15(9-14-6-5-7-17-11-14)16-13(3)8-12(2)10-19-16/h5-8,10-11,15,18H,4,9H2,1-3H3. The van der Waals surface area contributed by atoms with E-state index >= 15 is 0 Å². The molecule has 0 aromatic carbocycles. The van der Waals surface area contributed by atoms with E-state index in [-0.39, 0.29) is 6.04 Å². The van der Waals surface area contributed by atoms with Crippen LogP contribution < -0.4 is 5.32 Å². The zero-order valence-electron chi connectivity index (χ0n) is 11.9. The van der Waals surface area contributed by atoms with Gasteiger partial charge in [0.05, 0.1) is 11.7 Å². The second kappa shape index (κ2) is 6.43. The predicted molar refractivity (Wildman–Crippen MR) is 78.1 cm³/mol. The molecule has 2 aromatic heterocycles. The number of rotatable bonds is 5. The van der Waals surface area contributed by atoms with Gasteiger partial charge >= 0.3 is 0 Å². The largest absolute Gasteiger partial charge is 0.309 e. The van der Waals surface area contributed by atoms with Crippen molar-refractivity contribution in [3.05, 3.63) is 59.2 Å². The zero-order chi connectivity index (χ0) is 13.7. The Morgan fingerprint density at radius 1 is 1.26 bits per heavy atom. The lowest BCUT2D eigenvalue weighted by molar-refractivity contribution is 0.533. The van der Waals surface area contributed by atoms with Crippen molar-refractivity contribution >= 4 is 0 Å². The molecule has 1 atom stereocenters. The van der Waals surface area contributed by atoms with E-state index in [0.717, 1.165) is 18.7 Å². The van der Waals surface area contributed by atoms with Crippen molar-refractivity contribution in [2.75, 3.05) is 6.54 Å². The van der Waals surface area contributed by atoms with Crippen molar-refractivity contribution in [2.24, 2.45) is 0 Å². The average molecular weight is 255 g/mol. The average Bonchev–Trinajstić information content (AvgIpc) is 2.39. The van der Waals surface area contributed by atoms with Crippen molar-refractivity contribution in [2.45, 2.75) is 33.2 Å². The van der Waals surface area contributed by atoms with Crippen molar-refractivity contribution < 1.29 is 0 Å². The van der Waals surface area contributed by atoms with E-state index in [1.807, 2.05) is 18.5 Å². The Kier molecular flexibility index (Phi) is 4.63. The summed E-state index contributed by atoms with van der Waals surface area (Å²) in [7, 11) is 0. The van der Waals surface area contributed by atoms with Gasteiger partial charge in [0, 0.05) is 18.6 Å². The van der Waals surface area contributed by atoms with Crippen LogP contribution in [0.5, 0.6) is 0 Å². The summed E-state index contributed by atoms with van der Waals surface area (Å²) in [5.41, 5.74) is 4.82. The maximum atomic E-state index is 4.61. The zero-order valence-corrected chi connectivity index (χ0v) is 11.9. The first-order chi connectivity index (χ1) is 9.20. The van der Waals surface area contributed by atoms with Gasteiger partial charge in [-0.05, 0) is 49.6 Å². The molecule has 0 amide bonds. The first-order valence-electron chi connectivity index (χ1n) is 6.76. The molecule has 0 aliphatic carbocycles. The molecule has 1 N–H and O–H groups in total. The smallest absolute Gasteiger partial charge is 0.0605 e. The van der Waals surface area contributed by atoms with Crippen LogP contribution in [-0.4, -0.2) is 16.5 Å². The second-order valence-corrected chi connectivity index (χ2v) is 4.89. The minimum atomic E-state index is 0.245. The molecule has 0 radical (unpaired) electrons. The number of nitrogens with one attached hydrogen (secondary N) is 1. The highest BCUT2D eigenvalue weighted by atomic mass is 14.9. The molecule has 0 aliphatic rings. The Hall–Kier alpha value is -1.74. The van der Waals surface area contributed by atoms with Gasteiger partial charge in [-0.1, -0.05) is 19.1 Å². The Morgan fingerprint density at radius 3 is 2.74 bits per heavy atom. The highest BCUT2D eigenvalue weighted by Crippen LogP contribution is 2.20. The monoisotopic (exact) mass is 255 g/mol. The summed E-state index contributed by atoms with van der Waals surface area (Å²) < 4.78 is 0. The fraction of sp³-hybridized carbons (Fsp3) is 0.375. The Morgan fingerprint density at radius 2 is 2.11 bits per heavy atom. The number of aromatic nitrogens is 2.